The molecule has 0 aromatic heterocycles. The number of aliphatic carboxylic acids is 3. The molecule has 0 fully saturated rings. The molecule has 0 bridgehead atoms. The van der Waals surface area contributed by atoms with Crippen molar-refractivity contribution in [1.29, 1.82) is 0 Å². The molecule has 0 aliphatic carbocycles. The molecule has 144 valence electrons. The minimum Gasteiger partial charge on any atom is -0.547 e. The van der Waals surface area contributed by atoms with Gasteiger partial charge in [-0.2, -0.15) is 12.6 Å². The highest BCUT2D eigenvalue weighted by Gasteiger charge is 2.23. The smallest absolute Gasteiger partial charge is 0.335 e. The van der Waals surface area contributed by atoms with Gasteiger partial charge in [0, 0.05) is 5.75 Å². The lowest BCUT2D eigenvalue weighted by Crippen LogP contribution is -2.46. The number of aliphatic hydroxyl groups is 3. The average Bonchev–Trinajstić information content (AvgIpc) is 2.44. The van der Waals surface area contributed by atoms with E-state index in [9.17, 15) is 19.5 Å². The molecule has 0 aliphatic heterocycles. The van der Waals surface area contributed by atoms with Crippen LogP contribution in [0.1, 0.15) is 0 Å². The fourth-order valence-electron chi connectivity index (χ4n) is 0.642. The lowest BCUT2D eigenvalue weighted by Gasteiger charge is -2.21. The summed E-state index contributed by atoms with van der Waals surface area (Å²) in [4.78, 5) is 29.2. The summed E-state index contributed by atoms with van der Waals surface area (Å²) in [7, 11) is 6.16. The van der Waals surface area contributed by atoms with E-state index in [1.807, 2.05) is 0 Å². The van der Waals surface area contributed by atoms with Crippen molar-refractivity contribution in [3.05, 3.63) is 0 Å². The minimum atomic E-state index is -2.38. The van der Waals surface area contributed by atoms with Crippen molar-refractivity contribution in [1.82, 2.24) is 0 Å². The number of aliphatic hydroxyl groups excluding tert-OH is 3. The number of hydrogen-bond donors (Lipinski definition) is 7. The van der Waals surface area contributed by atoms with Gasteiger partial charge >= 0.3 is 11.9 Å². The van der Waals surface area contributed by atoms with Crippen LogP contribution in [-0.4, -0.2) is 106 Å². The fourth-order valence-corrected chi connectivity index (χ4v) is 0.798. The minimum absolute atomic E-state index is 0.190. The van der Waals surface area contributed by atoms with E-state index in [0.29, 0.717) is 0 Å². The molecule has 0 heterocycles. The first kappa shape index (κ1) is 27.4. The van der Waals surface area contributed by atoms with Crippen molar-refractivity contribution in [3.63, 3.8) is 0 Å². The summed E-state index contributed by atoms with van der Waals surface area (Å²) in [5.41, 5.74) is 4.94. The number of carbonyl (C=O) groups excluding carboxylic acids is 1. The van der Waals surface area contributed by atoms with Crippen molar-refractivity contribution >= 4 is 30.5 Å². The van der Waals surface area contributed by atoms with Crippen LogP contribution in [0, 0.1) is 0 Å². The van der Waals surface area contributed by atoms with Crippen LogP contribution in [0.5, 0.6) is 0 Å². The predicted molar refractivity (Wildman–Crippen MR) is 84.1 cm³/mol. The molecule has 0 amide bonds. The number of hydrogen-bond acceptors (Lipinski definition) is 9. The number of nitrogens with two attached hydrogens (primary N) is 1. The Balaban J connectivity index is -0.000000283. The molecule has 7 N–H and O–H groups in total. The quantitative estimate of drug-likeness (QED) is 0.168. The van der Waals surface area contributed by atoms with Crippen LogP contribution in [0.2, 0.25) is 0 Å². The average molecular weight is 374 g/mol. The number of likely N-dealkylation sites (N-methyl/N-ethyl adjacent to an activating group) is 1. The standard InChI is InChI=1S/C5H14NO.C4H6O6.C3H7NO2S/c1-6(2,3)4-5-7;5-1(3(7)8)2(6)4(9)10;4-2(1-7)3(5)6/h7H,4-5H2,1-3H3;1-2,5-6H,(H,7,8)(H,9,10);2,7H,1,4H2,(H,5,6)/q+1;;/p-1. The first-order chi connectivity index (χ1) is 10.7. The lowest BCUT2D eigenvalue weighted by atomic mass is 10.2. The SMILES string of the molecule is C[N+](C)(C)CCO.NC(CS)C(=O)O.O=C([O-])C(O)C(O)C(=O)O. The summed E-state index contributed by atoms with van der Waals surface area (Å²) in [6.07, 6.45) is -4.71. The van der Waals surface area contributed by atoms with Crippen LogP contribution in [0.3, 0.4) is 0 Å². The van der Waals surface area contributed by atoms with Crippen molar-refractivity contribution in [2.45, 2.75) is 18.2 Å². The van der Waals surface area contributed by atoms with Crippen molar-refractivity contribution in [3.8, 4) is 0 Å². The molecular formula is C12H26N2O9S. The maximum absolute atomic E-state index is 9.76. The first-order valence-corrected chi connectivity index (χ1v) is 7.14. The third-order valence-corrected chi connectivity index (χ3v) is 2.47. The molecule has 11 nitrogen and oxygen atoms in total. The Kier molecular flexibility index (Phi) is 15.9. The number of carbonyl (C=O) groups is 3. The molecule has 0 saturated heterocycles. The van der Waals surface area contributed by atoms with E-state index in [2.05, 4.69) is 33.8 Å². The molecule has 24 heavy (non-hydrogen) atoms. The molecule has 0 saturated carbocycles. The van der Waals surface area contributed by atoms with Gasteiger partial charge in [0.05, 0.1) is 33.7 Å². The summed E-state index contributed by atoms with van der Waals surface area (Å²) in [5, 5.41) is 50.5. The van der Waals surface area contributed by atoms with Gasteiger partial charge in [-0.15, -0.1) is 0 Å². The molecule has 3 unspecified atom stereocenters. The third-order valence-electron chi connectivity index (χ3n) is 2.08. The van der Waals surface area contributed by atoms with Crippen LogP contribution in [0.4, 0.5) is 0 Å². The van der Waals surface area contributed by atoms with Gasteiger partial charge < -0.3 is 45.7 Å². The van der Waals surface area contributed by atoms with Gasteiger partial charge in [-0.25, -0.2) is 4.79 Å². The van der Waals surface area contributed by atoms with Crippen LogP contribution in [-0.2, 0) is 14.4 Å². The molecule has 0 aromatic carbocycles. The van der Waals surface area contributed by atoms with E-state index in [4.69, 9.17) is 31.3 Å². The normalized spacial score (nSPS) is 14.0. The van der Waals surface area contributed by atoms with Crippen molar-refractivity contribution in [2.75, 3.05) is 40.0 Å². The fraction of sp³-hybridized carbons (Fsp3) is 0.750. The predicted octanol–water partition coefficient (Wildman–Crippen LogP) is -4.44. The monoisotopic (exact) mass is 374 g/mol. The van der Waals surface area contributed by atoms with Crippen LogP contribution < -0.4 is 10.8 Å². The second-order valence-corrected chi connectivity index (χ2v) is 5.78. The third kappa shape index (κ3) is 18.6. The highest BCUT2D eigenvalue weighted by Crippen LogP contribution is 1.90. The zero-order valence-electron chi connectivity index (χ0n) is 13.7. The largest absolute Gasteiger partial charge is 0.547 e. The Labute approximate surface area is 144 Å². The molecule has 0 spiro atoms. The first-order valence-electron chi connectivity index (χ1n) is 6.51. The van der Waals surface area contributed by atoms with Gasteiger partial charge in [0.25, 0.3) is 0 Å². The summed E-state index contributed by atoms with van der Waals surface area (Å²) in [6, 6.07) is -0.816. The Hall–Kier alpha value is -1.44. The molecular weight excluding hydrogens is 348 g/mol. The maximum atomic E-state index is 9.76. The maximum Gasteiger partial charge on any atom is 0.335 e. The summed E-state index contributed by atoms with van der Waals surface area (Å²) in [6.45, 7) is 1.11. The number of quaternary nitrogens is 1. The van der Waals surface area contributed by atoms with E-state index in [1.165, 1.54) is 0 Å². The number of thiol groups is 1. The van der Waals surface area contributed by atoms with Gasteiger partial charge in [-0.05, 0) is 0 Å². The number of carboxylic acid groups (broad SMARTS) is 3. The van der Waals surface area contributed by atoms with Crippen molar-refractivity contribution < 1.29 is 49.5 Å². The van der Waals surface area contributed by atoms with E-state index in [0.717, 1.165) is 11.0 Å². The van der Waals surface area contributed by atoms with Crippen LogP contribution >= 0.6 is 12.6 Å². The molecule has 0 aliphatic rings. The summed E-state index contributed by atoms with van der Waals surface area (Å²) in [5.74, 6) is -4.64. The Morgan fingerprint density at radius 2 is 1.50 bits per heavy atom. The highest BCUT2D eigenvalue weighted by molar-refractivity contribution is 7.80. The van der Waals surface area contributed by atoms with Gasteiger partial charge in [0.1, 0.15) is 18.7 Å². The second-order valence-electron chi connectivity index (χ2n) is 5.41. The summed E-state index contributed by atoms with van der Waals surface area (Å²) >= 11 is 3.65. The summed E-state index contributed by atoms with van der Waals surface area (Å²) < 4.78 is 0.844. The van der Waals surface area contributed by atoms with Crippen LogP contribution in [0.25, 0.3) is 0 Å². The van der Waals surface area contributed by atoms with E-state index < -0.39 is 36.2 Å². The zero-order chi connectivity index (χ0) is 20.1. The van der Waals surface area contributed by atoms with E-state index in [-0.39, 0.29) is 12.4 Å². The molecule has 12 heteroatoms. The highest BCUT2D eigenvalue weighted by atomic mass is 32.1. The van der Waals surface area contributed by atoms with Crippen molar-refractivity contribution in [2.24, 2.45) is 5.73 Å². The zero-order valence-corrected chi connectivity index (χ0v) is 14.6. The Bertz CT molecular complexity index is 369. The van der Waals surface area contributed by atoms with Gasteiger partial charge in [-0.1, -0.05) is 0 Å². The number of carboxylic acids is 3. The molecule has 0 aromatic rings. The topological polar surface area (TPSA) is 201 Å². The van der Waals surface area contributed by atoms with Gasteiger partial charge in [0.15, 0.2) is 6.10 Å². The lowest BCUT2D eigenvalue weighted by molar-refractivity contribution is -0.870. The Morgan fingerprint density at radius 1 is 1.08 bits per heavy atom. The van der Waals surface area contributed by atoms with E-state index >= 15 is 0 Å². The van der Waals surface area contributed by atoms with E-state index in [1.54, 1.807) is 0 Å². The molecule has 0 radical (unpaired) electrons. The number of nitrogens with zero attached hydrogens (tertiary/aromatic N) is 1. The number of rotatable bonds is 7. The van der Waals surface area contributed by atoms with Crippen LogP contribution in [0.15, 0.2) is 0 Å². The Morgan fingerprint density at radius 3 is 1.54 bits per heavy atom. The molecule has 0 rings (SSSR count). The molecule has 3 atom stereocenters. The second kappa shape index (κ2) is 13.9. The van der Waals surface area contributed by atoms with Gasteiger partial charge in [0.2, 0.25) is 0 Å². The van der Waals surface area contributed by atoms with Gasteiger partial charge in [-0.3, -0.25) is 4.79 Å².